The number of halogens is 1. The molecule has 1 aliphatic heterocycles. The van der Waals surface area contributed by atoms with Gasteiger partial charge in [0.15, 0.2) is 5.13 Å². The Morgan fingerprint density at radius 3 is 2.63 bits per heavy atom. The highest BCUT2D eigenvalue weighted by molar-refractivity contribution is 7.17. The molecule has 0 aliphatic carbocycles. The number of hydrogen-bond donors (Lipinski definition) is 3. The smallest absolute Gasteiger partial charge is 0.303 e. The lowest BCUT2D eigenvalue weighted by Crippen LogP contribution is -2.47. The molecule has 1 aliphatic rings. The summed E-state index contributed by atoms with van der Waals surface area (Å²) in [6.45, 7) is 8.30. The molecule has 3 heterocycles. The molecule has 10 nitrogen and oxygen atoms in total. The number of anilines is 4. The molecular formula is C26H32ClN7O3S. The van der Waals surface area contributed by atoms with Crippen molar-refractivity contribution in [3.8, 4) is 0 Å². The largest absolute Gasteiger partial charge is 0.481 e. The van der Waals surface area contributed by atoms with Crippen LogP contribution in [-0.4, -0.2) is 69.6 Å². The lowest BCUT2D eigenvalue weighted by atomic mass is 10.2. The Kier molecular flexibility index (Phi) is 9.48. The molecular weight excluding hydrogens is 526 g/mol. The van der Waals surface area contributed by atoms with Crippen molar-refractivity contribution < 1.29 is 14.7 Å². The van der Waals surface area contributed by atoms with Crippen LogP contribution >= 0.6 is 22.9 Å². The first-order chi connectivity index (χ1) is 18.3. The lowest BCUT2D eigenvalue weighted by Gasteiger charge is -2.35. The number of aryl methyl sites for hydroxylation is 2. The second-order valence-electron chi connectivity index (χ2n) is 9.23. The van der Waals surface area contributed by atoms with E-state index in [0.717, 1.165) is 63.4 Å². The van der Waals surface area contributed by atoms with Crippen molar-refractivity contribution in [3.05, 3.63) is 51.7 Å². The molecule has 1 aromatic carbocycles. The standard InChI is InChI=1S/C26H32ClN7O3S/c1-17-7-6-8-19(27)24(17)32-25(37)20-16-28-26(38-20)31-21-15-22(30-18(2)29-21)34-13-11-33(12-14-34)10-5-3-4-9-23(35)36/h6-8,15-16H,3-5,9-14H2,1-2H3,(H,32,37)(H,35,36)(H,28,29,30,31). The van der Waals surface area contributed by atoms with Crippen molar-refractivity contribution in [1.82, 2.24) is 19.9 Å². The molecule has 0 atom stereocenters. The zero-order valence-corrected chi connectivity index (χ0v) is 23.1. The number of nitrogens with one attached hydrogen (secondary N) is 2. The van der Waals surface area contributed by atoms with Crippen molar-refractivity contribution in [2.75, 3.05) is 48.3 Å². The van der Waals surface area contributed by atoms with Crippen LogP contribution in [0, 0.1) is 13.8 Å². The second-order valence-corrected chi connectivity index (χ2v) is 10.7. The Bertz CT molecular complexity index is 1260. The van der Waals surface area contributed by atoms with Gasteiger partial charge < -0.3 is 20.6 Å². The van der Waals surface area contributed by atoms with Gasteiger partial charge in [-0.25, -0.2) is 15.0 Å². The first-order valence-electron chi connectivity index (χ1n) is 12.6. The number of amides is 1. The van der Waals surface area contributed by atoms with Gasteiger partial charge in [-0.05, 0) is 44.9 Å². The van der Waals surface area contributed by atoms with Crippen molar-refractivity contribution in [3.63, 3.8) is 0 Å². The summed E-state index contributed by atoms with van der Waals surface area (Å²) in [6.07, 6.45) is 4.46. The predicted molar refractivity (Wildman–Crippen MR) is 151 cm³/mol. The third kappa shape index (κ3) is 7.62. The van der Waals surface area contributed by atoms with Gasteiger partial charge in [-0.2, -0.15) is 0 Å². The number of carboxylic acids is 1. The Balaban J connectivity index is 1.32. The molecule has 0 saturated carbocycles. The number of nitrogens with zero attached hydrogens (tertiary/aromatic N) is 5. The van der Waals surface area contributed by atoms with E-state index >= 15 is 0 Å². The van der Waals surface area contributed by atoms with Crippen LogP contribution in [0.4, 0.5) is 22.5 Å². The number of para-hydroxylation sites is 1. The molecule has 1 saturated heterocycles. The third-order valence-corrected chi connectivity index (χ3v) is 7.54. The minimum Gasteiger partial charge on any atom is -0.481 e. The number of carbonyl (C=O) groups excluding carboxylic acids is 1. The first-order valence-corrected chi connectivity index (χ1v) is 13.8. The molecule has 3 aromatic rings. The zero-order chi connectivity index (χ0) is 27.1. The van der Waals surface area contributed by atoms with E-state index in [2.05, 4.69) is 35.4 Å². The van der Waals surface area contributed by atoms with Crippen LogP contribution in [0.2, 0.25) is 5.02 Å². The fourth-order valence-corrected chi connectivity index (χ4v) is 5.27. The number of rotatable bonds is 11. The Morgan fingerprint density at radius 1 is 1.11 bits per heavy atom. The topological polar surface area (TPSA) is 124 Å². The van der Waals surface area contributed by atoms with Crippen molar-refractivity contribution in [1.29, 1.82) is 0 Å². The van der Waals surface area contributed by atoms with Crippen LogP contribution in [0.1, 0.15) is 46.7 Å². The van der Waals surface area contributed by atoms with Crippen LogP contribution < -0.4 is 15.5 Å². The number of piperazine rings is 1. The fourth-order valence-electron chi connectivity index (χ4n) is 4.28. The van der Waals surface area contributed by atoms with Crippen LogP contribution in [0.3, 0.4) is 0 Å². The summed E-state index contributed by atoms with van der Waals surface area (Å²) in [5.74, 6) is 1.12. The fraction of sp³-hybridized carbons (Fsp3) is 0.423. The summed E-state index contributed by atoms with van der Waals surface area (Å²) in [6, 6.07) is 7.38. The average Bonchev–Trinajstić information content (AvgIpc) is 3.34. The normalized spacial score (nSPS) is 13.9. The molecule has 1 amide bonds. The summed E-state index contributed by atoms with van der Waals surface area (Å²) in [7, 11) is 0. The van der Waals surface area contributed by atoms with Crippen molar-refractivity contribution >= 4 is 57.3 Å². The van der Waals surface area contributed by atoms with E-state index in [4.69, 9.17) is 16.7 Å². The number of aromatic nitrogens is 3. The minimum absolute atomic E-state index is 0.245. The number of carboxylic acid groups (broad SMARTS) is 1. The molecule has 0 radical (unpaired) electrons. The summed E-state index contributed by atoms with van der Waals surface area (Å²) < 4.78 is 0. The number of thiazole rings is 1. The number of benzene rings is 1. The molecule has 0 unspecified atom stereocenters. The van der Waals surface area contributed by atoms with Gasteiger partial charge in [0.2, 0.25) is 0 Å². The molecule has 1 fully saturated rings. The number of unbranched alkanes of at least 4 members (excludes halogenated alkanes) is 2. The number of carbonyl (C=O) groups is 2. The van der Waals surface area contributed by atoms with Crippen molar-refractivity contribution in [2.45, 2.75) is 39.5 Å². The van der Waals surface area contributed by atoms with Gasteiger partial charge >= 0.3 is 5.97 Å². The second kappa shape index (κ2) is 13.0. The summed E-state index contributed by atoms with van der Waals surface area (Å²) in [5.41, 5.74) is 1.48. The van der Waals surface area contributed by atoms with E-state index in [0.29, 0.717) is 32.4 Å². The maximum Gasteiger partial charge on any atom is 0.303 e. The highest BCUT2D eigenvalue weighted by Gasteiger charge is 2.19. The van der Waals surface area contributed by atoms with Crippen LogP contribution in [0.15, 0.2) is 30.5 Å². The van der Waals surface area contributed by atoms with Gasteiger partial charge in [-0.3, -0.25) is 14.5 Å². The van der Waals surface area contributed by atoms with E-state index in [1.54, 1.807) is 6.07 Å². The van der Waals surface area contributed by atoms with Gasteiger partial charge in [0.25, 0.3) is 5.91 Å². The highest BCUT2D eigenvalue weighted by Crippen LogP contribution is 2.28. The molecule has 2 aromatic heterocycles. The van der Waals surface area contributed by atoms with Crippen LogP contribution in [0.25, 0.3) is 0 Å². The lowest BCUT2D eigenvalue weighted by molar-refractivity contribution is -0.137. The van der Waals surface area contributed by atoms with Crippen molar-refractivity contribution in [2.24, 2.45) is 0 Å². The van der Waals surface area contributed by atoms with Gasteiger partial charge in [0.1, 0.15) is 22.3 Å². The van der Waals surface area contributed by atoms with Gasteiger partial charge in [0.05, 0.1) is 16.9 Å². The van der Waals surface area contributed by atoms with E-state index in [1.165, 1.54) is 17.5 Å². The van der Waals surface area contributed by atoms with E-state index in [9.17, 15) is 9.59 Å². The highest BCUT2D eigenvalue weighted by atomic mass is 35.5. The Morgan fingerprint density at radius 2 is 1.89 bits per heavy atom. The number of aliphatic carboxylic acids is 1. The zero-order valence-electron chi connectivity index (χ0n) is 21.5. The molecule has 0 bridgehead atoms. The van der Waals surface area contributed by atoms with E-state index in [1.807, 2.05) is 32.0 Å². The Hall–Kier alpha value is -3.28. The summed E-state index contributed by atoms with van der Waals surface area (Å²) >= 11 is 7.48. The minimum atomic E-state index is -0.725. The molecule has 4 rings (SSSR count). The molecule has 38 heavy (non-hydrogen) atoms. The molecule has 0 spiro atoms. The van der Waals surface area contributed by atoms with E-state index < -0.39 is 5.97 Å². The Labute approximate surface area is 231 Å². The average molecular weight is 558 g/mol. The number of hydrogen-bond acceptors (Lipinski definition) is 9. The van der Waals surface area contributed by atoms with E-state index in [-0.39, 0.29) is 12.3 Å². The van der Waals surface area contributed by atoms with Gasteiger partial charge in [0, 0.05) is 38.7 Å². The summed E-state index contributed by atoms with van der Waals surface area (Å²) in [5, 5.41) is 15.9. The quantitative estimate of drug-likeness (QED) is 0.280. The SMILES string of the molecule is Cc1nc(Nc2ncc(C(=O)Nc3c(C)cccc3Cl)s2)cc(N2CCN(CCCCCC(=O)O)CC2)n1. The van der Waals surface area contributed by atoms with Crippen LogP contribution in [0.5, 0.6) is 0 Å². The molecule has 12 heteroatoms. The third-order valence-electron chi connectivity index (χ3n) is 6.31. The maximum absolute atomic E-state index is 12.8. The summed E-state index contributed by atoms with van der Waals surface area (Å²) in [4.78, 5) is 42.0. The van der Waals surface area contributed by atoms with Crippen LogP contribution in [-0.2, 0) is 4.79 Å². The monoisotopic (exact) mass is 557 g/mol. The maximum atomic E-state index is 12.8. The van der Waals surface area contributed by atoms with Gasteiger partial charge in [-0.1, -0.05) is 41.5 Å². The molecule has 3 N–H and O–H groups in total. The molecule has 202 valence electrons. The first kappa shape index (κ1) is 27.7. The van der Waals surface area contributed by atoms with Gasteiger partial charge in [-0.15, -0.1) is 0 Å². The predicted octanol–water partition coefficient (Wildman–Crippen LogP) is 4.97.